The van der Waals surface area contributed by atoms with Crippen LogP contribution < -0.4 is 10.1 Å². The summed E-state index contributed by atoms with van der Waals surface area (Å²) in [7, 11) is 0. The van der Waals surface area contributed by atoms with Gasteiger partial charge in [0.25, 0.3) is 0 Å². The van der Waals surface area contributed by atoms with E-state index in [1.807, 2.05) is 26.0 Å². The van der Waals surface area contributed by atoms with Gasteiger partial charge in [-0.3, -0.25) is 0 Å². The van der Waals surface area contributed by atoms with Gasteiger partial charge in [0, 0.05) is 6.54 Å². The van der Waals surface area contributed by atoms with Crippen molar-refractivity contribution in [2.24, 2.45) is 5.92 Å². The van der Waals surface area contributed by atoms with Gasteiger partial charge in [-0.25, -0.2) is 0 Å². The quantitative estimate of drug-likeness (QED) is 0.781. The number of aliphatic hydroxyl groups is 1. The molecule has 0 aliphatic carbocycles. The topological polar surface area (TPSA) is 41.5 Å². The Morgan fingerprint density at radius 3 is 2.28 bits per heavy atom. The fraction of sp³-hybridized carbons (Fsp3) is 0.600. The van der Waals surface area contributed by atoms with Crippen LogP contribution in [0.2, 0.25) is 0 Å². The molecule has 1 rings (SSSR count). The molecule has 1 aromatic rings. The summed E-state index contributed by atoms with van der Waals surface area (Å²) >= 11 is 0. The van der Waals surface area contributed by atoms with Crippen LogP contribution in [0.1, 0.15) is 25.0 Å². The molecular formula is C15H25NO2. The van der Waals surface area contributed by atoms with Crippen LogP contribution in [0.25, 0.3) is 0 Å². The van der Waals surface area contributed by atoms with Crippen LogP contribution in [-0.2, 0) is 0 Å². The number of aryl methyl sites for hydroxylation is 2. The summed E-state index contributed by atoms with van der Waals surface area (Å²) in [5.74, 6) is 1.42. The van der Waals surface area contributed by atoms with Crippen LogP contribution in [0.5, 0.6) is 5.75 Å². The lowest BCUT2D eigenvalue weighted by atomic mass is 10.1. The highest BCUT2D eigenvalue weighted by molar-refractivity contribution is 5.32. The lowest BCUT2D eigenvalue weighted by Crippen LogP contribution is -2.33. The highest BCUT2D eigenvalue weighted by Crippen LogP contribution is 2.16. The number of aliphatic hydroxyl groups excluding tert-OH is 1. The minimum absolute atomic E-state index is 0.327. The molecule has 3 nitrogen and oxygen atoms in total. The van der Waals surface area contributed by atoms with Gasteiger partial charge >= 0.3 is 0 Å². The van der Waals surface area contributed by atoms with Gasteiger partial charge in [-0.1, -0.05) is 19.9 Å². The molecule has 0 spiro atoms. The SMILES string of the molecule is Cc1cc(C)cc(OCC(O)CNCC(C)C)c1. The zero-order valence-electron chi connectivity index (χ0n) is 11.9. The van der Waals surface area contributed by atoms with Gasteiger partial charge in [-0.15, -0.1) is 0 Å². The molecule has 0 amide bonds. The molecule has 0 radical (unpaired) electrons. The molecule has 2 N–H and O–H groups in total. The second-order valence-corrected chi connectivity index (χ2v) is 5.34. The molecule has 0 saturated carbocycles. The van der Waals surface area contributed by atoms with Gasteiger partial charge in [0.15, 0.2) is 0 Å². The number of ether oxygens (including phenoxy) is 1. The normalized spacial score (nSPS) is 12.8. The van der Waals surface area contributed by atoms with Crippen LogP contribution in [0.4, 0.5) is 0 Å². The maximum atomic E-state index is 9.77. The molecule has 3 heteroatoms. The first-order chi connectivity index (χ1) is 8.47. The average molecular weight is 251 g/mol. The fourth-order valence-electron chi connectivity index (χ4n) is 1.81. The van der Waals surface area contributed by atoms with Crippen LogP contribution in [0, 0.1) is 19.8 Å². The fourth-order valence-corrected chi connectivity index (χ4v) is 1.81. The van der Waals surface area contributed by atoms with Crippen molar-refractivity contribution in [3.63, 3.8) is 0 Å². The van der Waals surface area contributed by atoms with Gasteiger partial charge in [0.1, 0.15) is 18.5 Å². The van der Waals surface area contributed by atoms with E-state index >= 15 is 0 Å². The Morgan fingerprint density at radius 2 is 1.72 bits per heavy atom. The third-order valence-electron chi connectivity index (χ3n) is 2.57. The number of hydrogen-bond donors (Lipinski definition) is 2. The maximum Gasteiger partial charge on any atom is 0.119 e. The van der Waals surface area contributed by atoms with E-state index in [1.165, 1.54) is 11.1 Å². The van der Waals surface area contributed by atoms with Crippen molar-refractivity contribution in [3.8, 4) is 5.75 Å². The summed E-state index contributed by atoms with van der Waals surface area (Å²) < 4.78 is 5.60. The second kappa shape index (κ2) is 7.39. The van der Waals surface area contributed by atoms with Crippen LogP contribution >= 0.6 is 0 Å². The third kappa shape index (κ3) is 6.03. The summed E-state index contributed by atoms with van der Waals surface area (Å²) in [6.45, 7) is 10.2. The van der Waals surface area contributed by atoms with Gasteiger partial charge in [0.05, 0.1) is 0 Å². The predicted octanol–water partition coefficient (Wildman–Crippen LogP) is 2.29. The minimum atomic E-state index is -0.468. The predicted molar refractivity (Wildman–Crippen MR) is 75.1 cm³/mol. The van der Waals surface area contributed by atoms with Crippen molar-refractivity contribution in [1.82, 2.24) is 5.32 Å². The molecule has 1 unspecified atom stereocenters. The van der Waals surface area contributed by atoms with Crippen molar-refractivity contribution >= 4 is 0 Å². The van der Waals surface area contributed by atoms with Crippen LogP contribution in [0.15, 0.2) is 18.2 Å². The Hall–Kier alpha value is -1.06. The van der Waals surface area contributed by atoms with E-state index < -0.39 is 6.10 Å². The largest absolute Gasteiger partial charge is 0.491 e. The molecule has 0 fully saturated rings. The van der Waals surface area contributed by atoms with Gasteiger partial charge in [-0.2, -0.15) is 0 Å². The molecule has 1 atom stereocenters. The maximum absolute atomic E-state index is 9.77. The molecule has 0 aliphatic rings. The molecule has 18 heavy (non-hydrogen) atoms. The first kappa shape index (κ1) is 15.0. The monoisotopic (exact) mass is 251 g/mol. The Labute approximate surface area is 110 Å². The van der Waals surface area contributed by atoms with E-state index in [9.17, 15) is 5.11 Å². The van der Waals surface area contributed by atoms with Crippen molar-refractivity contribution in [1.29, 1.82) is 0 Å². The molecule has 0 heterocycles. The van der Waals surface area contributed by atoms with Gasteiger partial charge in [-0.05, 0) is 49.6 Å². The highest BCUT2D eigenvalue weighted by atomic mass is 16.5. The molecule has 102 valence electrons. The smallest absolute Gasteiger partial charge is 0.119 e. The van der Waals surface area contributed by atoms with Crippen molar-refractivity contribution in [2.75, 3.05) is 19.7 Å². The second-order valence-electron chi connectivity index (χ2n) is 5.34. The molecular weight excluding hydrogens is 226 g/mol. The molecule has 1 aromatic carbocycles. The lowest BCUT2D eigenvalue weighted by Gasteiger charge is -2.15. The first-order valence-corrected chi connectivity index (χ1v) is 6.57. The van der Waals surface area contributed by atoms with Gasteiger partial charge < -0.3 is 15.2 Å². The Kier molecular flexibility index (Phi) is 6.16. The van der Waals surface area contributed by atoms with E-state index in [2.05, 4.69) is 25.2 Å². The zero-order chi connectivity index (χ0) is 13.5. The summed E-state index contributed by atoms with van der Waals surface area (Å²) in [5, 5.41) is 13.0. The number of nitrogens with one attached hydrogen (secondary N) is 1. The zero-order valence-corrected chi connectivity index (χ0v) is 11.9. The standard InChI is InChI=1S/C15H25NO2/c1-11(2)8-16-9-14(17)10-18-15-6-12(3)5-13(4)7-15/h5-7,11,14,16-17H,8-10H2,1-4H3. The summed E-state index contributed by atoms with van der Waals surface area (Å²) in [5.41, 5.74) is 2.36. The summed E-state index contributed by atoms with van der Waals surface area (Å²) in [6, 6.07) is 6.08. The Bertz CT molecular complexity index is 343. The number of rotatable bonds is 7. The third-order valence-corrected chi connectivity index (χ3v) is 2.57. The highest BCUT2D eigenvalue weighted by Gasteiger charge is 2.06. The van der Waals surface area contributed by atoms with E-state index in [-0.39, 0.29) is 0 Å². The average Bonchev–Trinajstić information content (AvgIpc) is 2.24. The van der Waals surface area contributed by atoms with Crippen molar-refractivity contribution in [2.45, 2.75) is 33.8 Å². The lowest BCUT2D eigenvalue weighted by molar-refractivity contribution is 0.106. The van der Waals surface area contributed by atoms with Crippen LogP contribution in [-0.4, -0.2) is 30.9 Å². The van der Waals surface area contributed by atoms with Gasteiger partial charge in [0.2, 0.25) is 0 Å². The Balaban J connectivity index is 2.31. The van der Waals surface area contributed by atoms with E-state index in [0.717, 1.165) is 12.3 Å². The molecule has 0 aromatic heterocycles. The summed E-state index contributed by atoms with van der Waals surface area (Å²) in [6.07, 6.45) is -0.468. The minimum Gasteiger partial charge on any atom is -0.491 e. The number of hydrogen-bond acceptors (Lipinski definition) is 3. The van der Waals surface area contributed by atoms with Crippen molar-refractivity contribution in [3.05, 3.63) is 29.3 Å². The van der Waals surface area contributed by atoms with Crippen molar-refractivity contribution < 1.29 is 9.84 Å². The first-order valence-electron chi connectivity index (χ1n) is 6.57. The Morgan fingerprint density at radius 1 is 1.11 bits per heavy atom. The molecule has 0 aliphatic heterocycles. The van der Waals surface area contributed by atoms with Crippen LogP contribution in [0.3, 0.4) is 0 Å². The van der Waals surface area contributed by atoms with E-state index in [0.29, 0.717) is 19.1 Å². The van der Waals surface area contributed by atoms with E-state index in [4.69, 9.17) is 4.74 Å². The molecule has 0 bridgehead atoms. The van der Waals surface area contributed by atoms with E-state index in [1.54, 1.807) is 0 Å². The number of benzene rings is 1. The summed E-state index contributed by atoms with van der Waals surface area (Å²) in [4.78, 5) is 0. The molecule has 0 saturated heterocycles.